The number of halogens is 3. The second kappa shape index (κ2) is 6.01. The van der Waals surface area contributed by atoms with Gasteiger partial charge in [0.05, 0.1) is 11.5 Å². The van der Waals surface area contributed by atoms with Gasteiger partial charge in [-0.25, -0.2) is 13.6 Å². The molecule has 114 valence electrons. The molecule has 0 radical (unpaired) electrons. The Labute approximate surface area is 115 Å². The SMILES string of the molecule is Cc1c(OCCCC(F)(F)F)ccc(S(N)(=O)=O)c1C. The van der Waals surface area contributed by atoms with E-state index >= 15 is 0 Å². The van der Waals surface area contributed by atoms with Crippen LogP contribution in [0, 0.1) is 13.8 Å². The maximum absolute atomic E-state index is 12.0. The van der Waals surface area contributed by atoms with Crippen LogP contribution in [0.5, 0.6) is 5.75 Å². The number of sulfonamides is 1. The molecule has 0 aliphatic rings. The molecule has 0 saturated carbocycles. The van der Waals surface area contributed by atoms with E-state index in [0.717, 1.165) is 0 Å². The molecule has 0 aromatic heterocycles. The first-order chi connectivity index (χ1) is 9.02. The monoisotopic (exact) mass is 311 g/mol. The first-order valence-electron chi connectivity index (χ1n) is 5.85. The number of benzene rings is 1. The van der Waals surface area contributed by atoms with Crippen molar-refractivity contribution < 1.29 is 26.3 Å². The lowest BCUT2D eigenvalue weighted by molar-refractivity contribution is -0.136. The van der Waals surface area contributed by atoms with Crippen molar-refractivity contribution >= 4 is 10.0 Å². The summed E-state index contributed by atoms with van der Waals surface area (Å²) < 4.78 is 63.8. The summed E-state index contributed by atoms with van der Waals surface area (Å²) in [5, 5.41) is 5.05. The predicted octanol–water partition coefficient (Wildman–Crippen LogP) is 2.67. The van der Waals surface area contributed by atoms with Crippen LogP contribution >= 0.6 is 0 Å². The van der Waals surface area contributed by atoms with Gasteiger partial charge in [0.25, 0.3) is 0 Å². The van der Waals surface area contributed by atoms with Crippen LogP contribution in [0.1, 0.15) is 24.0 Å². The summed E-state index contributed by atoms with van der Waals surface area (Å²) in [6.45, 7) is 3.11. The number of ether oxygens (including phenoxy) is 1. The minimum atomic E-state index is -4.20. The second-order valence-electron chi connectivity index (χ2n) is 4.42. The van der Waals surface area contributed by atoms with Gasteiger partial charge in [0.1, 0.15) is 5.75 Å². The third-order valence-corrected chi connectivity index (χ3v) is 3.91. The molecule has 1 aromatic rings. The third kappa shape index (κ3) is 4.68. The van der Waals surface area contributed by atoms with Gasteiger partial charge in [-0.1, -0.05) is 0 Å². The fourth-order valence-electron chi connectivity index (χ4n) is 1.69. The average Bonchev–Trinajstić information content (AvgIpc) is 2.26. The molecule has 0 saturated heterocycles. The Bertz CT molecular complexity index is 582. The Morgan fingerprint density at radius 2 is 1.80 bits per heavy atom. The minimum Gasteiger partial charge on any atom is -0.493 e. The fourth-order valence-corrected chi connectivity index (χ4v) is 2.53. The maximum Gasteiger partial charge on any atom is 0.389 e. The van der Waals surface area contributed by atoms with Gasteiger partial charge in [-0.3, -0.25) is 0 Å². The molecule has 0 aliphatic heterocycles. The minimum absolute atomic E-state index is 0.0161. The van der Waals surface area contributed by atoms with Crippen LogP contribution < -0.4 is 9.88 Å². The van der Waals surface area contributed by atoms with E-state index in [2.05, 4.69) is 0 Å². The zero-order valence-corrected chi connectivity index (χ0v) is 11.9. The van der Waals surface area contributed by atoms with E-state index in [4.69, 9.17) is 9.88 Å². The van der Waals surface area contributed by atoms with Crippen molar-refractivity contribution in [2.45, 2.75) is 37.8 Å². The summed E-state index contributed by atoms with van der Waals surface area (Å²) in [5.74, 6) is 0.358. The lowest BCUT2D eigenvalue weighted by Crippen LogP contribution is -2.15. The Morgan fingerprint density at radius 3 is 2.30 bits per heavy atom. The van der Waals surface area contributed by atoms with E-state index in [1.165, 1.54) is 12.1 Å². The molecule has 4 nitrogen and oxygen atoms in total. The molecule has 0 fully saturated rings. The van der Waals surface area contributed by atoms with E-state index in [-0.39, 0.29) is 17.9 Å². The average molecular weight is 311 g/mol. The fraction of sp³-hybridized carbons (Fsp3) is 0.500. The first-order valence-corrected chi connectivity index (χ1v) is 7.39. The van der Waals surface area contributed by atoms with Crippen molar-refractivity contribution in [3.8, 4) is 5.75 Å². The summed E-state index contributed by atoms with van der Waals surface area (Å²) in [4.78, 5) is -0.0161. The highest BCUT2D eigenvalue weighted by Crippen LogP contribution is 2.27. The quantitative estimate of drug-likeness (QED) is 0.850. The van der Waals surface area contributed by atoms with Crippen LogP contribution in [0.4, 0.5) is 13.2 Å². The summed E-state index contributed by atoms with van der Waals surface area (Å²) in [6.07, 6.45) is -5.27. The highest BCUT2D eigenvalue weighted by atomic mass is 32.2. The van der Waals surface area contributed by atoms with Crippen LogP contribution in [-0.4, -0.2) is 21.2 Å². The van der Waals surface area contributed by atoms with Gasteiger partial charge in [0.2, 0.25) is 10.0 Å². The Hall–Kier alpha value is -1.28. The van der Waals surface area contributed by atoms with Crippen LogP contribution in [-0.2, 0) is 10.0 Å². The summed E-state index contributed by atoms with van der Waals surface area (Å²) in [5.41, 5.74) is 0.976. The Kier molecular flexibility index (Phi) is 5.04. The van der Waals surface area contributed by atoms with Crippen LogP contribution in [0.3, 0.4) is 0 Å². The van der Waals surface area contributed by atoms with E-state index < -0.39 is 22.6 Å². The summed E-state index contributed by atoms with van der Waals surface area (Å²) in [6, 6.07) is 2.69. The molecule has 0 unspecified atom stereocenters. The molecule has 1 rings (SSSR count). The number of primary sulfonamides is 1. The van der Waals surface area contributed by atoms with Gasteiger partial charge in [0, 0.05) is 6.42 Å². The van der Waals surface area contributed by atoms with Crippen molar-refractivity contribution in [3.63, 3.8) is 0 Å². The Balaban J connectivity index is 2.77. The van der Waals surface area contributed by atoms with E-state index in [1.807, 2.05) is 0 Å². The van der Waals surface area contributed by atoms with Crippen molar-refractivity contribution in [2.75, 3.05) is 6.61 Å². The topological polar surface area (TPSA) is 69.4 Å². The maximum atomic E-state index is 12.0. The summed E-state index contributed by atoms with van der Waals surface area (Å²) in [7, 11) is -3.82. The number of hydrogen-bond donors (Lipinski definition) is 1. The largest absolute Gasteiger partial charge is 0.493 e. The zero-order chi connectivity index (χ0) is 15.6. The standard InChI is InChI=1S/C12H16F3NO3S/c1-8-9(2)11(20(16,17)18)5-4-10(8)19-7-3-6-12(13,14)15/h4-5H,3,6-7H2,1-2H3,(H2,16,17,18). The molecule has 0 spiro atoms. The number of rotatable bonds is 5. The van der Waals surface area contributed by atoms with Gasteiger partial charge in [-0.2, -0.15) is 13.2 Å². The molecule has 2 N–H and O–H groups in total. The molecular weight excluding hydrogens is 295 g/mol. The smallest absolute Gasteiger partial charge is 0.389 e. The van der Waals surface area contributed by atoms with Crippen molar-refractivity contribution in [1.82, 2.24) is 0 Å². The summed E-state index contributed by atoms with van der Waals surface area (Å²) >= 11 is 0. The predicted molar refractivity (Wildman–Crippen MR) is 68.1 cm³/mol. The first kappa shape index (κ1) is 16.8. The molecule has 20 heavy (non-hydrogen) atoms. The number of nitrogens with two attached hydrogens (primary N) is 1. The highest BCUT2D eigenvalue weighted by Gasteiger charge is 2.26. The number of alkyl halides is 3. The van der Waals surface area contributed by atoms with E-state index in [0.29, 0.717) is 16.9 Å². The molecule has 0 heterocycles. The molecule has 8 heteroatoms. The zero-order valence-electron chi connectivity index (χ0n) is 11.1. The van der Waals surface area contributed by atoms with Gasteiger partial charge >= 0.3 is 6.18 Å². The molecule has 0 amide bonds. The molecule has 0 bridgehead atoms. The lowest BCUT2D eigenvalue weighted by atomic mass is 10.1. The van der Waals surface area contributed by atoms with E-state index in [1.54, 1.807) is 13.8 Å². The lowest BCUT2D eigenvalue weighted by Gasteiger charge is -2.14. The molecular formula is C12H16F3NO3S. The normalized spacial score (nSPS) is 12.5. The molecule has 0 atom stereocenters. The highest BCUT2D eigenvalue weighted by molar-refractivity contribution is 7.89. The van der Waals surface area contributed by atoms with Gasteiger partial charge < -0.3 is 4.74 Å². The molecule has 1 aromatic carbocycles. The van der Waals surface area contributed by atoms with Crippen LogP contribution in [0.15, 0.2) is 17.0 Å². The van der Waals surface area contributed by atoms with Crippen molar-refractivity contribution in [1.29, 1.82) is 0 Å². The number of hydrogen-bond acceptors (Lipinski definition) is 3. The van der Waals surface area contributed by atoms with Gasteiger partial charge in [0.15, 0.2) is 0 Å². The Morgan fingerprint density at radius 1 is 1.20 bits per heavy atom. The van der Waals surface area contributed by atoms with Gasteiger partial charge in [-0.05, 0) is 43.5 Å². The molecule has 0 aliphatic carbocycles. The van der Waals surface area contributed by atoms with E-state index in [9.17, 15) is 21.6 Å². The third-order valence-electron chi connectivity index (χ3n) is 2.86. The van der Waals surface area contributed by atoms with Crippen molar-refractivity contribution in [2.24, 2.45) is 5.14 Å². The van der Waals surface area contributed by atoms with Gasteiger partial charge in [-0.15, -0.1) is 0 Å². The van der Waals surface area contributed by atoms with Crippen LogP contribution in [0.25, 0.3) is 0 Å². The van der Waals surface area contributed by atoms with Crippen molar-refractivity contribution in [3.05, 3.63) is 23.3 Å². The second-order valence-corrected chi connectivity index (χ2v) is 5.95. The van der Waals surface area contributed by atoms with Crippen LogP contribution in [0.2, 0.25) is 0 Å².